The Morgan fingerprint density at radius 3 is 2.17 bits per heavy atom. The fourth-order valence-corrected chi connectivity index (χ4v) is 2.24. The molecule has 29 heavy (non-hydrogen) atoms. The predicted molar refractivity (Wildman–Crippen MR) is 127 cm³/mol. The predicted octanol–water partition coefficient (Wildman–Crippen LogP) is 2.63. The van der Waals surface area contributed by atoms with Crippen molar-refractivity contribution in [3.8, 4) is 0 Å². The average Bonchev–Trinajstić information content (AvgIpc) is 2.63. The minimum atomic E-state index is -0.494. The van der Waals surface area contributed by atoms with Crippen LogP contribution >= 0.6 is 24.0 Å². The highest BCUT2D eigenvalue weighted by molar-refractivity contribution is 14.0. The third-order valence-corrected chi connectivity index (χ3v) is 3.55. The summed E-state index contributed by atoms with van der Waals surface area (Å²) < 4.78 is 5.18. The Hall–Kier alpha value is -2.04. The first-order valence-corrected chi connectivity index (χ1v) is 9.53. The molecule has 8 nitrogen and oxygen atoms in total. The molecule has 0 saturated heterocycles. The summed E-state index contributed by atoms with van der Waals surface area (Å²) in [5.74, 6) is 0.601. The maximum absolute atomic E-state index is 11.8. The van der Waals surface area contributed by atoms with E-state index in [2.05, 4.69) is 26.3 Å². The number of guanidine groups is 1. The first-order valence-electron chi connectivity index (χ1n) is 9.53. The van der Waals surface area contributed by atoms with Crippen LogP contribution < -0.4 is 21.3 Å². The van der Waals surface area contributed by atoms with E-state index in [4.69, 9.17) is 4.74 Å². The van der Waals surface area contributed by atoms with E-state index < -0.39 is 11.7 Å². The van der Waals surface area contributed by atoms with Crippen molar-refractivity contribution in [3.05, 3.63) is 35.4 Å². The largest absolute Gasteiger partial charge is 0.444 e. The van der Waals surface area contributed by atoms with Crippen LogP contribution in [0.15, 0.2) is 29.3 Å². The molecule has 1 aromatic carbocycles. The Balaban J connectivity index is 0.00000784. The third kappa shape index (κ3) is 12.2. The molecule has 0 spiro atoms. The van der Waals surface area contributed by atoms with Gasteiger partial charge in [0.1, 0.15) is 5.60 Å². The lowest BCUT2D eigenvalue weighted by Gasteiger charge is -2.19. The molecule has 0 atom stereocenters. The molecule has 0 fully saturated rings. The summed E-state index contributed by atoms with van der Waals surface area (Å²) in [6.45, 7) is 9.75. The second kappa shape index (κ2) is 14.0. The van der Waals surface area contributed by atoms with Crippen molar-refractivity contribution in [2.24, 2.45) is 4.99 Å². The summed E-state index contributed by atoms with van der Waals surface area (Å²) in [6.07, 6.45) is 0.326. The van der Waals surface area contributed by atoms with Crippen molar-refractivity contribution in [2.45, 2.75) is 46.3 Å². The van der Waals surface area contributed by atoms with Gasteiger partial charge in [0.25, 0.3) is 5.91 Å². The lowest BCUT2D eigenvalue weighted by atomic mass is 10.1. The van der Waals surface area contributed by atoms with E-state index in [1.165, 1.54) is 0 Å². The fraction of sp³-hybridized carbons (Fsp3) is 0.550. The quantitative estimate of drug-likeness (QED) is 0.183. The SMILES string of the molecule is CCNC(=O)c1ccc(CNC(=NC)NCCCNC(=O)OC(C)(C)C)cc1.I. The van der Waals surface area contributed by atoms with Crippen molar-refractivity contribution in [1.29, 1.82) is 0 Å². The van der Waals surface area contributed by atoms with Crippen molar-refractivity contribution < 1.29 is 14.3 Å². The van der Waals surface area contributed by atoms with Gasteiger partial charge < -0.3 is 26.0 Å². The van der Waals surface area contributed by atoms with Gasteiger partial charge in [-0.15, -0.1) is 24.0 Å². The Morgan fingerprint density at radius 2 is 1.62 bits per heavy atom. The number of halogens is 1. The minimum Gasteiger partial charge on any atom is -0.444 e. The van der Waals surface area contributed by atoms with Crippen molar-refractivity contribution in [1.82, 2.24) is 21.3 Å². The van der Waals surface area contributed by atoms with Crippen molar-refractivity contribution >= 4 is 41.9 Å². The number of benzene rings is 1. The molecule has 0 bridgehead atoms. The molecule has 0 saturated carbocycles. The number of nitrogens with zero attached hydrogens (tertiary/aromatic N) is 1. The van der Waals surface area contributed by atoms with Gasteiger partial charge in [-0.05, 0) is 51.8 Å². The average molecular weight is 519 g/mol. The molecule has 4 N–H and O–H groups in total. The Bertz CT molecular complexity index is 657. The number of rotatable bonds is 8. The summed E-state index contributed by atoms with van der Waals surface area (Å²) in [6, 6.07) is 7.44. The minimum absolute atomic E-state index is 0. The first kappa shape index (κ1) is 27.0. The molecule has 0 heterocycles. The number of carbonyl (C=O) groups is 2. The molecule has 164 valence electrons. The Labute approximate surface area is 190 Å². The zero-order valence-corrected chi connectivity index (χ0v) is 20.3. The van der Waals surface area contributed by atoms with Crippen LogP contribution in [0.5, 0.6) is 0 Å². The smallest absolute Gasteiger partial charge is 0.407 e. The molecule has 0 aromatic heterocycles. The van der Waals surface area contributed by atoms with E-state index in [1.54, 1.807) is 19.2 Å². The van der Waals surface area contributed by atoms with Crippen LogP contribution in [0.2, 0.25) is 0 Å². The first-order chi connectivity index (χ1) is 13.2. The Kier molecular flexibility index (Phi) is 13.0. The molecule has 0 aliphatic carbocycles. The summed E-state index contributed by atoms with van der Waals surface area (Å²) >= 11 is 0. The number of hydrogen-bond acceptors (Lipinski definition) is 4. The topological polar surface area (TPSA) is 104 Å². The number of aliphatic imine (C=N–C) groups is 1. The molecular weight excluding hydrogens is 485 g/mol. The number of ether oxygens (including phenoxy) is 1. The van der Waals surface area contributed by atoms with Gasteiger partial charge in [0, 0.05) is 38.8 Å². The standard InChI is InChI=1S/C20H33N5O3.HI/c1-6-22-17(26)16-10-8-15(9-11-16)14-25-18(21-5)23-12-7-13-24-19(27)28-20(2,3)4;/h8-11H,6-7,12-14H2,1-5H3,(H,22,26)(H,24,27)(H2,21,23,25);1H. The number of hydrogen-bond donors (Lipinski definition) is 4. The zero-order valence-electron chi connectivity index (χ0n) is 17.9. The van der Waals surface area contributed by atoms with Crippen LogP contribution in [0.4, 0.5) is 4.79 Å². The highest BCUT2D eigenvalue weighted by Crippen LogP contribution is 2.06. The van der Waals surface area contributed by atoms with Crippen molar-refractivity contribution in [2.75, 3.05) is 26.7 Å². The highest BCUT2D eigenvalue weighted by Gasteiger charge is 2.15. The van der Waals surface area contributed by atoms with Gasteiger partial charge in [0.2, 0.25) is 0 Å². The van der Waals surface area contributed by atoms with Gasteiger partial charge in [-0.1, -0.05) is 12.1 Å². The summed E-state index contributed by atoms with van der Waals surface area (Å²) in [5, 5.41) is 11.9. The van der Waals surface area contributed by atoms with E-state index >= 15 is 0 Å². The van der Waals surface area contributed by atoms with Gasteiger partial charge in [-0.2, -0.15) is 0 Å². The van der Waals surface area contributed by atoms with Crippen LogP contribution in [0.3, 0.4) is 0 Å². The molecule has 1 aromatic rings. The molecule has 2 amide bonds. The third-order valence-electron chi connectivity index (χ3n) is 3.55. The molecular formula is C20H34IN5O3. The van der Waals surface area contributed by atoms with Crippen LogP contribution in [0.25, 0.3) is 0 Å². The summed E-state index contributed by atoms with van der Waals surface area (Å²) in [4.78, 5) is 27.5. The summed E-state index contributed by atoms with van der Waals surface area (Å²) in [5.41, 5.74) is 1.19. The van der Waals surface area contributed by atoms with E-state index in [1.807, 2.05) is 39.8 Å². The van der Waals surface area contributed by atoms with Gasteiger partial charge in [0.05, 0.1) is 0 Å². The van der Waals surface area contributed by atoms with Gasteiger partial charge in [0.15, 0.2) is 5.96 Å². The van der Waals surface area contributed by atoms with E-state index in [9.17, 15) is 9.59 Å². The monoisotopic (exact) mass is 519 g/mol. The number of carbonyl (C=O) groups excluding carboxylic acids is 2. The van der Waals surface area contributed by atoms with Crippen LogP contribution in [0.1, 0.15) is 50.0 Å². The lowest BCUT2D eigenvalue weighted by Crippen LogP contribution is -2.39. The van der Waals surface area contributed by atoms with Gasteiger partial charge >= 0.3 is 6.09 Å². The molecule has 0 aliphatic rings. The molecule has 0 radical (unpaired) electrons. The molecule has 1 rings (SSSR count). The van der Waals surface area contributed by atoms with Gasteiger partial charge in [-0.3, -0.25) is 9.79 Å². The second-order valence-electron chi connectivity index (χ2n) is 7.19. The van der Waals surface area contributed by atoms with E-state index in [0.29, 0.717) is 37.7 Å². The van der Waals surface area contributed by atoms with Crippen molar-refractivity contribution in [3.63, 3.8) is 0 Å². The normalized spacial score (nSPS) is 11.1. The number of amides is 2. The maximum Gasteiger partial charge on any atom is 0.407 e. The summed E-state index contributed by atoms with van der Waals surface area (Å²) in [7, 11) is 1.70. The number of nitrogens with one attached hydrogen (secondary N) is 4. The molecule has 9 heteroatoms. The van der Waals surface area contributed by atoms with E-state index in [-0.39, 0.29) is 29.9 Å². The van der Waals surface area contributed by atoms with Gasteiger partial charge in [-0.25, -0.2) is 4.79 Å². The fourth-order valence-electron chi connectivity index (χ4n) is 2.24. The number of alkyl carbamates (subject to hydrolysis) is 1. The van der Waals surface area contributed by atoms with Crippen LogP contribution in [0, 0.1) is 0 Å². The second-order valence-corrected chi connectivity index (χ2v) is 7.19. The van der Waals surface area contributed by atoms with Crippen LogP contribution in [-0.2, 0) is 11.3 Å². The maximum atomic E-state index is 11.8. The Morgan fingerprint density at radius 1 is 1.00 bits per heavy atom. The highest BCUT2D eigenvalue weighted by atomic mass is 127. The zero-order chi connectivity index (χ0) is 21.0. The lowest BCUT2D eigenvalue weighted by molar-refractivity contribution is 0.0527. The van der Waals surface area contributed by atoms with Crippen LogP contribution in [-0.4, -0.2) is 50.2 Å². The molecule has 0 unspecified atom stereocenters. The molecule has 0 aliphatic heterocycles. The van der Waals surface area contributed by atoms with E-state index in [0.717, 1.165) is 12.0 Å².